The molecule has 0 aliphatic carbocycles. The van der Waals surface area contributed by atoms with Gasteiger partial charge in [0.2, 0.25) is 0 Å². The third-order valence-corrected chi connectivity index (χ3v) is 4.31. The number of rotatable bonds is 4. The highest BCUT2D eigenvalue weighted by molar-refractivity contribution is 7.84. The van der Waals surface area contributed by atoms with E-state index in [2.05, 4.69) is 10.5 Å². The van der Waals surface area contributed by atoms with E-state index in [1.165, 1.54) is 0 Å². The second-order valence-corrected chi connectivity index (χ2v) is 6.08. The monoisotopic (exact) mass is 319 g/mol. The van der Waals surface area contributed by atoms with Crippen LogP contribution < -0.4 is 5.32 Å². The van der Waals surface area contributed by atoms with Crippen LogP contribution in [0.25, 0.3) is 0 Å². The summed E-state index contributed by atoms with van der Waals surface area (Å²) in [5.41, 5.74) is -0.280. The molecule has 1 aliphatic heterocycles. The third-order valence-electron chi connectivity index (χ3n) is 2.55. The molecule has 3 N–H and O–H groups in total. The molecule has 1 aromatic heterocycles. The molecule has 2 rings (SSSR count). The summed E-state index contributed by atoms with van der Waals surface area (Å²) in [4.78, 5) is 23.6. The van der Waals surface area contributed by atoms with Gasteiger partial charge >= 0.3 is 10.3 Å². The van der Waals surface area contributed by atoms with Crippen molar-refractivity contribution in [3.8, 4) is 0 Å². The predicted octanol–water partition coefficient (Wildman–Crippen LogP) is -0.944. The highest BCUT2D eigenvalue weighted by atomic mass is 32.2. The fourth-order valence-corrected chi connectivity index (χ4v) is 2.96. The van der Waals surface area contributed by atoms with E-state index in [0.29, 0.717) is 4.88 Å². The number of carbonyl (C=O) groups is 2. The van der Waals surface area contributed by atoms with Crippen LogP contribution in [0.1, 0.15) is 4.88 Å². The van der Waals surface area contributed by atoms with E-state index in [1.807, 2.05) is 0 Å². The molecule has 1 fully saturated rings. The first-order valence-corrected chi connectivity index (χ1v) is 7.48. The molecule has 11 heteroatoms. The van der Waals surface area contributed by atoms with Crippen molar-refractivity contribution in [1.82, 2.24) is 9.62 Å². The molecule has 2 heterocycles. The lowest BCUT2D eigenvalue weighted by Crippen LogP contribution is -2.65. The number of nitrogens with zero attached hydrogens (tertiary/aromatic N) is 2. The number of nitrogens with one attached hydrogen (secondary N) is 1. The van der Waals surface area contributed by atoms with E-state index < -0.39 is 28.2 Å². The zero-order valence-electron chi connectivity index (χ0n) is 9.75. The van der Waals surface area contributed by atoms with Gasteiger partial charge in [0, 0.05) is 0 Å². The van der Waals surface area contributed by atoms with E-state index in [-0.39, 0.29) is 16.6 Å². The zero-order valence-corrected chi connectivity index (χ0v) is 11.4. The maximum Gasteiger partial charge on any atom is 0.362 e. The second-order valence-electron chi connectivity index (χ2n) is 3.80. The average molecular weight is 319 g/mol. The second kappa shape index (κ2) is 5.19. The summed E-state index contributed by atoms with van der Waals surface area (Å²) in [7, 11) is -4.60. The Hall–Kier alpha value is -1.98. The molecule has 0 radical (unpaired) electrons. The molecular weight excluding hydrogens is 310 g/mol. The molecule has 0 bridgehead atoms. The van der Waals surface area contributed by atoms with E-state index in [0.717, 1.165) is 11.3 Å². The van der Waals surface area contributed by atoms with Gasteiger partial charge in [0.1, 0.15) is 6.04 Å². The molecular formula is C9H9N3O6S2. The summed E-state index contributed by atoms with van der Waals surface area (Å²) >= 11 is 1.16. The van der Waals surface area contributed by atoms with Crippen molar-refractivity contribution < 1.29 is 27.8 Å². The zero-order chi connectivity index (χ0) is 14.9. The van der Waals surface area contributed by atoms with E-state index in [4.69, 9.17) is 9.76 Å². The first-order chi connectivity index (χ1) is 9.34. The summed E-state index contributed by atoms with van der Waals surface area (Å²) in [5, 5.41) is 15.6. The van der Waals surface area contributed by atoms with Gasteiger partial charge < -0.3 is 10.5 Å². The topological polar surface area (TPSA) is 136 Å². The maximum absolute atomic E-state index is 11.8. The summed E-state index contributed by atoms with van der Waals surface area (Å²) in [6.07, 6.45) is 0. The van der Waals surface area contributed by atoms with Crippen LogP contribution in [0.15, 0.2) is 22.7 Å². The maximum atomic E-state index is 11.8. The van der Waals surface area contributed by atoms with Crippen LogP contribution in [0.5, 0.6) is 0 Å². The number of hydrogen-bond donors (Lipinski definition) is 3. The Morgan fingerprint density at radius 1 is 1.55 bits per heavy atom. The summed E-state index contributed by atoms with van der Waals surface area (Å²) in [6.45, 7) is -0.368. The molecule has 1 unspecified atom stereocenters. The number of oxime groups is 1. The van der Waals surface area contributed by atoms with Crippen molar-refractivity contribution in [2.45, 2.75) is 6.04 Å². The van der Waals surface area contributed by atoms with Gasteiger partial charge in [0.15, 0.2) is 5.71 Å². The van der Waals surface area contributed by atoms with Crippen molar-refractivity contribution >= 4 is 39.2 Å². The average Bonchev–Trinajstić information content (AvgIpc) is 2.86. The van der Waals surface area contributed by atoms with Crippen LogP contribution >= 0.6 is 11.3 Å². The number of amides is 2. The highest BCUT2D eigenvalue weighted by Gasteiger charge is 2.44. The highest BCUT2D eigenvalue weighted by Crippen LogP contribution is 2.15. The largest absolute Gasteiger partial charge is 0.410 e. The van der Waals surface area contributed by atoms with Gasteiger partial charge in [0.05, 0.1) is 11.4 Å². The SMILES string of the molecule is O=C(NC1CN(S(=O)(=O)O)C1=O)C(=NO)c1cccs1. The van der Waals surface area contributed by atoms with E-state index in [1.54, 1.807) is 17.5 Å². The standard InChI is InChI=1S/C9H9N3O6S2/c13-8(7(11-15)6-2-1-3-19-6)10-5-4-12(9(5)14)20(16,17)18/h1-3,5,15H,4H2,(H,10,13)(H,16,17,18). The Labute approximate surface area is 117 Å². The molecule has 1 saturated heterocycles. The van der Waals surface area contributed by atoms with Crippen molar-refractivity contribution in [2.24, 2.45) is 5.16 Å². The minimum atomic E-state index is -4.60. The predicted molar refractivity (Wildman–Crippen MR) is 67.8 cm³/mol. The molecule has 1 atom stereocenters. The smallest absolute Gasteiger partial charge is 0.362 e. The van der Waals surface area contributed by atoms with Crippen LogP contribution in [0.2, 0.25) is 0 Å². The molecule has 108 valence electrons. The minimum Gasteiger partial charge on any atom is -0.410 e. The number of β-lactam (4-membered cyclic amide) rings is 1. The third kappa shape index (κ3) is 2.64. The molecule has 0 aromatic carbocycles. The Balaban J connectivity index is 2.02. The van der Waals surface area contributed by atoms with Gasteiger partial charge in [-0.3, -0.25) is 14.1 Å². The first-order valence-electron chi connectivity index (χ1n) is 5.20. The van der Waals surface area contributed by atoms with Crippen molar-refractivity contribution in [3.05, 3.63) is 22.4 Å². The van der Waals surface area contributed by atoms with Gasteiger partial charge in [-0.25, -0.2) is 4.31 Å². The van der Waals surface area contributed by atoms with Gasteiger partial charge in [0.25, 0.3) is 11.8 Å². The van der Waals surface area contributed by atoms with Crippen LogP contribution in [0.3, 0.4) is 0 Å². The minimum absolute atomic E-state index is 0.221. The van der Waals surface area contributed by atoms with Crippen molar-refractivity contribution in [2.75, 3.05) is 6.54 Å². The van der Waals surface area contributed by atoms with Gasteiger partial charge in [-0.2, -0.15) is 8.42 Å². The van der Waals surface area contributed by atoms with Gasteiger partial charge in [-0.1, -0.05) is 11.2 Å². The molecule has 1 aromatic rings. The summed E-state index contributed by atoms with van der Waals surface area (Å²) in [6, 6.07) is 2.11. The van der Waals surface area contributed by atoms with Crippen molar-refractivity contribution in [3.63, 3.8) is 0 Å². The molecule has 20 heavy (non-hydrogen) atoms. The normalized spacial score (nSPS) is 19.6. The van der Waals surface area contributed by atoms with Crippen LogP contribution in [-0.2, 0) is 19.9 Å². The van der Waals surface area contributed by atoms with Crippen molar-refractivity contribution in [1.29, 1.82) is 0 Å². The van der Waals surface area contributed by atoms with E-state index >= 15 is 0 Å². The lowest BCUT2D eigenvalue weighted by atomic mass is 10.1. The number of thiophene rings is 1. The van der Waals surface area contributed by atoms with Crippen LogP contribution in [-0.4, -0.2) is 52.6 Å². The Bertz CT molecular complexity index is 666. The summed E-state index contributed by atoms with van der Waals surface area (Å²) < 4.78 is 30.3. The van der Waals surface area contributed by atoms with Crippen LogP contribution in [0, 0.1) is 0 Å². The molecule has 2 amide bonds. The lowest BCUT2D eigenvalue weighted by molar-refractivity contribution is -0.139. The fraction of sp³-hybridized carbons (Fsp3) is 0.222. The Morgan fingerprint density at radius 2 is 2.25 bits per heavy atom. The first kappa shape index (κ1) is 14.4. The van der Waals surface area contributed by atoms with Gasteiger partial charge in [-0.05, 0) is 11.4 Å². The van der Waals surface area contributed by atoms with Crippen LogP contribution in [0.4, 0.5) is 0 Å². The Morgan fingerprint density at radius 3 is 2.70 bits per heavy atom. The number of carbonyl (C=O) groups excluding carboxylic acids is 2. The number of hydrogen-bond acceptors (Lipinski definition) is 7. The van der Waals surface area contributed by atoms with E-state index in [9.17, 15) is 18.0 Å². The summed E-state index contributed by atoms with van der Waals surface area (Å²) in [5.74, 6) is -1.77. The molecule has 0 spiro atoms. The lowest BCUT2D eigenvalue weighted by Gasteiger charge is -2.35. The molecule has 9 nitrogen and oxygen atoms in total. The molecule has 1 aliphatic rings. The fourth-order valence-electron chi connectivity index (χ4n) is 1.56. The van der Waals surface area contributed by atoms with Gasteiger partial charge in [-0.15, -0.1) is 11.3 Å². The Kier molecular flexibility index (Phi) is 3.74. The molecule has 0 saturated carbocycles. The quantitative estimate of drug-likeness (QED) is 0.215.